The van der Waals surface area contributed by atoms with Gasteiger partial charge in [-0.25, -0.2) is 4.79 Å². The van der Waals surface area contributed by atoms with Gasteiger partial charge in [0.05, 0.1) is 11.0 Å². The number of hydrogen-bond acceptors (Lipinski definition) is 5. The van der Waals surface area contributed by atoms with Crippen molar-refractivity contribution in [2.24, 2.45) is 7.05 Å². The van der Waals surface area contributed by atoms with Crippen molar-refractivity contribution < 1.29 is 14.6 Å². The van der Waals surface area contributed by atoms with Gasteiger partial charge in [0.2, 0.25) is 0 Å². The molecule has 8 heteroatoms. The van der Waals surface area contributed by atoms with Crippen molar-refractivity contribution in [1.29, 1.82) is 0 Å². The Morgan fingerprint density at radius 3 is 2.58 bits per heavy atom. The first-order chi connectivity index (χ1) is 17.1. The number of nitrogens with zero attached hydrogens (tertiary/aromatic N) is 3. The third-order valence-corrected chi connectivity index (χ3v) is 8.54. The molecule has 0 saturated carbocycles. The highest BCUT2D eigenvalue weighted by atomic mass is 35.5. The van der Waals surface area contributed by atoms with Crippen LogP contribution in [0.4, 0.5) is 0 Å². The first kappa shape index (κ1) is 25.2. The molecule has 0 amide bonds. The molecule has 3 heterocycles. The molecular weight excluding hydrogens is 478 g/mol. The van der Waals surface area contributed by atoms with Crippen molar-refractivity contribution in [3.05, 3.63) is 57.0 Å². The predicted molar refractivity (Wildman–Crippen MR) is 143 cm³/mol. The van der Waals surface area contributed by atoms with Crippen molar-refractivity contribution in [2.75, 3.05) is 26.2 Å². The molecule has 2 atom stereocenters. The summed E-state index contributed by atoms with van der Waals surface area (Å²) in [5.74, 6) is 1.52. The molecule has 2 aliphatic rings. The number of β-amino-alcohol motifs (C(OH)–C–C–N with tert-alkyl or cyclic N) is 1. The van der Waals surface area contributed by atoms with Crippen LogP contribution in [0.1, 0.15) is 56.7 Å². The monoisotopic (exact) mass is 513 g/mol. The van der Waals surface area contributed by atoms with Crippen LogP contribution in [0, 0.1) is 6.92 Å². The highest BCUT2D eigenvalue weighted by Gasteiger charge is 2.41. The predicted octanol–water partition coefficient (Wildman–Crippen LogP) is 4.65. The molecule has 1 aromatic heterocycles. The van der Waals surface area contributed by atoms with E-state index in [-0.39, 0.29) is 29.9 Å². The van der Waals surface area contributed by atoms with Crippen LogP contribution in [0.15, 0.2) is 35.1 Å². The second-order valence-electron chi connectivity index (χ2n) is 10.8. The summed E-state index contributed by atoms with van der Waals surface area (Å²) in [6, 6.07) is 9.90. The Hall–Kier alpha value is -2.48. The fraction of sp³-hybridized carbons (Fsp3) is 0.536. The lowest BCUT2D eigenvalue weighted by molar-refractivity contribution is 0.0530. The molecule has 5 rings (SSSR count). The maximum absolute atomic E-state index is 12.9. The summed E-state index contributed by atoms with van der Waals surface area (Å²) in [4.78, 5) is 15.1. The molecule has 2 aromatic carbocycles. The molecule has 1 saturated heterocycles. The lowest BCUT2D eigenvalue weighted by Gasteiger charge is -2.33. The summed E-state index contributed by atoms with van der Waals surface area (Å²) < 4.78 is 16.0. The Kier molecular flexibility index (Phi) is 6.60. The molecule has 0 bridgehead atoms. The molecule has 1 fully saturated rings. The second-order valence-corrected chi connectivity index (χ2v) is 11.3. The lowest BCUT2D eigenvalue weighted by Crippen LogP contribution is -2.42. The molecule has 36 heavy (non-hydrogen) atoms. The minimum atomic E-state index is -0.649. The number of likely N-dealkylation sites (tertiary alicyclic amines) is 1. The Morgan fingerprint density at radius 2 is 1.89 bits per heavy atom. The Bertz CT molecular complexity index is 1340. The van der Waals surface area contributed by atoms with Crippen molar-refractivity contribution >= 4 is 22.6 Å². The van der Waals surface area contributed by atoms with Gasteiger partial charge >= 0.3 is 5.69 Å². The standard InChI is InChI=1S/C28H36ClN3O4/c1-17-21(29)14-24(26-25(17)18(2)28(3,4)36-26)35-16-20(33)15-31-12-10-19(11-13-31)32-23-9-7-6-8-22(23)30(5)27(32)34/h6-9,14,18-20,33H,10-13,15-16H2,1-5H3/t18-,20?/m0/s1. The number of aromatic nitrogens is 2. The number of ether oxygens (including phenoxy) is 2. The first-order valence-electron chi connectivity index (χ1n) is 12.8. The van der Waals surface area contributed by atoms with Crippen LogP contribution in [0.3, 0.4) is 0 Å². The van der Waals surface area contributed by atoms with E-state index in [4.69, 9.17) is 21.1 Å². The summed E-state index contributed by atoms with van der Waals surface area (Å²) in [7, 11) is 1.83. The van der Waals surface area contributed by atoms with Crippen LogP contribution in [-0.4, -0.2) is 57.1 Å². The van der Waals surface area contributed by atoms with E-state index in [1.807, 2.05) is 42.8 Å². The zero-order valence-electron chi connectivity index (χ0n) is 21.8. The molecule has 7 nitrogen and oxygen atoms in total. The summed E-state index contributed by atoms with van der Waals surface area (Å²) >= 11 is 6.51. The minimum Gasteiger partial charge on any atom is -0.487 e. The van der Waals surface area contributed by atoms with Crippen LogP contribution in [-0.2, 0) is 7.05 Å². The number of imidazole rings is 1. The van der Waals surface area contributed by atoms with E-state index in [0.29, 0.717) is 17.3 Å². The molecule has 0 aliphatic carbocycles. The summed E-state index contributed by atoms with van der Waals surface area (Å²) in [6.45, 7) is 10.6. The Morgan fingerprint density at radius 1 is 1.22 bits per heavy atom. The molecule has 0 radical (unpaired) electrons. The molecule has 1 N–H and O–H groups in total. The molecule has 2 aliphatic heterocycles. The van der Waals surface area contributed by atoms with Gasteiger partial charge in [-0.05, 0) is 51.3 Å². The zero-order chi connectivity index (χ0) is 25.8. The molecule has 0 spiro atoms. The summed E-state index contributed by atoms with van der Waals surface area (Å²) in [5, 5.41) is 11.4. The van der Waals surface area contributed by atoms with E-state index >= 15 is 0 Å². The van der Waals surface area contributed by atoms with Gasteiger partial charge in [0.15, 0.2) is 11.5 Å². The lowest BCUT2D eigenvalue weighted by atomic mass is 9.86. The number of hydrogen-bond donors (Lipinski definition) is 1. The minimum absolute atomic E-state index is 0.0343. The highest BCUT2D eigenvalue weighted by Crippen LogP contribution is 2.52. The van der Waals surface area contributed by atoms with Gasteiger partial charge in [-0.15, -0.1) is 0 Å². The number of rotatable bonds is 6. The van der Waals surface area contributed by atoms with Gasteiger partial charge in [-0.1, -0.05) is 30.7 Å². The topological polar surface area (TPSA) is 68.9 Å². The van der Waals surface area contributed by atoms with Gasteiger partial charge in [-0.3, -0.25) is 9.13 Å². The maximum atomic E-state index is 12.9. The van der Waals surface area contributed by atoms with Crippen LogP contribution in [0.2, 0.25) is 5.02 Å². The maximum Gasteiger partial charge on any atom is 0.329 e. The van der Waals surface area contributed by atoms with E-state index in [1.165, 1.54) is 0 Å². The average molecular weight is 514 g/mol. The van der Waals surface area contributed by atoms with Gasteiger partial charge in [0.25, 0.3) is 0 Å². The largest absolute Gasteiger partial charge is 0.487 e. The molecule has 194 valence electrons. The SMILES string of the molecule is Cc1c(Cl)cc(OCC(O)CN2CCC(n3c(=O)n(C)c4ccccc43)CC2)c2c1[C@H](C)C(C)(C)O2. The van der Waals surface area contributed by atoms with Crippen molar-refractivity contribution in [2.45, 2.75) is 64.2 Å². The number of aliphatic hydroxyl groups excluding tert-OH is 1. The third kappa shape index (κ3) is 4.31. The van der Waals surface area contributed by atoms with E-state index in [2.05, 4.69) is 25.7 Å². The average Bonchev–Trinajstić information content (AvgIpc) is 3.25. The normalized spacial score (nSPS) is 20.9. The Balaban J connectivity index is 1.20. The molecule has 1 unspecified atom stereocenters. The van der Waals surface area contributed by atoms with E-state index in [9.17, 15) is 9.90 Å². The number of para-hydroxylation sites is 2. The van der Waals surface area contributed by atoms with Crippen molar-refractivity contribution in [1.82, 2.24) is 14.0 Å². The van der Waals surface area contributed by atoms with Gasteiger partial charge < -0.3 is 19.5 Å². The summed E-state index contributed by atoms with van der Waals surface area (Å²) in [5.41, 5.74) is 3.74. The highest BCUT2D eigenvalue weighted by molar-refractivity contribution is 6.31. The van der Waals surface area contributed by atoms with Gasteiger partial charge in [0, 0.05) is 55.3 Å². The van der Waals surface area contributed by atoms with Crippen LogP contribution < -0.4 is 15.2 Å². The fourth-order valence-corrected chi connectivity index (χ4v) is 5.92. The van der Waals surface area contributed by atoms with E-state index in [1.54, 1.807) is 10.6 Å². The first-order valence-corrected chi connectivity index (χ1v) is 13.2. The quantitative estimate of drug-likeness (QED) is 0.519. The Labute approximate surface area is 217 Å². The summed E-state index contributed by atoms with van der Waals surface area (Å²) in [6.07, 6.45) is 1.08. The zero-order valence-corrected chi connectivity index (χ0v) is 22.5. The number of aryl methyl sites for hydroxylation is 1. The third-order valence-electron chi connectivity index (χ3n) is 8.15. The number of piperidine rings is 1. The van der Waals surface area contributed by atoms with E-state index < -0.39 is 6.10 Å². The van der Waals surface area contributed by atoms with Crippen LogP contribution in [0.5, 0.6) is 11.5 Å². The van der Waals surface area contributed by atoms with Crippen molar-refractivity contribution in [3.63, 3.8) is 0 Å². The van der Waals surface area contributed by atoms with Gasteiger partial charge in [-0.2, -0.15) is 0 Å². The van der Waals surface area contributed by atoms with E-state index in [0.717, 1.165) is 53.8 Å². The van der Waals surface area contributed by atoms with Crippen molar-refractivity contribution in [3.8, 4) is 11.5 Å². The second kappa shape index (κ2) is 9.43. The fourth-order valence-electron chi connectivity index (χ4n) is 5.72. The number of fused-ring (bicyclic) bond motifs is 2. The van der Waals surface area contributed by atoms with Crippen LogP contribution >= 0.6 is 11.6 Å². The van der Waals surface area contributed by atoms with Crippen LogP contribution in [0.25, 0.3) is 11.0 Å². The molecule has 3 aromatic rings. The number of halogens is 1. The van der Waals surface area contributed by atoms with Gasteiger partial charge in [0.1, 0.15) is 18.3 Å². The number of aliphatic hydroxyl groups is 1. The molecular formula is C28H36ClN3O4. The smallest absolute Gasteiger partial charge is 0.329 e. The number of benzene rings is 2.